The number of ether oxygens (including phenoxy) is 1. The molecule has 0 radical (unpaired) electrons. The highest BCUT2D eigenvalue weighted by Crippen LogP contribution is 2.36. The van der Waals surface area contributed by atoms with E-state index in [1.165, 1.54) is 10.5 Å². The molecular weight excluding hydrogens is 336 g/mol. The van der Waals surface area contributed by atoms with Crippen LogP contribution in [-0.4, -0.2) is 47.4 Å². The number of amides is 1. The highest BCUT2D eigenvalue weighted by atomic mass is 32.2. The van der Waals surface area contributed by atoms with Crippen molar-refractivity contribution in [2.24, 2.45) is 0 Å². The van der Waals surface area contributed by atoms with E-state index in [0.717, 1.165) is 44.2 Å². The summed E-state index contributed by atoms with van der Waals surface area (Å²) in [5.41, 5.74) is 2.08. The van der Waals surface area contributed by atoms with Crippen molar-refractivity contribution in [3.8, 4) is 0 Å². The Kier molecular flexibility index (Phi) is 4.85. The molecule has 1 atom stereocenters. The molecular formula is C18H20N4O2S. The Morgan fingerprint density at radius 3 is 2.96 bits per heavy atom. The van der Waals surface area contributed by atoms with Gasteiger partial charge in [0.15, 0.2) is 0 Å². The van der Waals surface area contributed by atoms with Crippen LogP contribution in [0.5, 0.6) is 0 Å². The maximum Gasteiger partial charge on any atom is 0.234 e. The molecule has 1 saturated heterocycles. The van der Waals surface area contributed by atoms with Crippen molar-refractivity contribution in [3.63, 3.8) is 0 Å². The van der Waals surface area contributed by atoms with Crippen LogP contribution in [0.15, 0.2) is 41.6 Å². The fourth-order valence-electron chi connectivity index (χ4n) is 3.07. The minimum absolute atomic E-state index is 0.0575. The van der Waals surface area contributed by atoms with Crippen LogP contribution in [-0.2, 0) is 22.5 Å². The van der Waals surface area contributed by atoms with Gasteiger partial charge in [-0.3, -0.25) is 4.79 Å². The number of carbonyl (C=O) groups is 1. The van der Waals surface area contributed by atoms with Crippen LogP contribution in [0.4, 0.5) is 5.82 Å². The second-order valence-corrected chi connectivity index (χ2v) is 7.35. The van der Waals surface area contributed by atoms with Gasteiger partial charge in [0.2, 0.25) is 5.91 Å². The number of nitrogens with zero attached hydrogens (tertiary/aromatic N) is 3. The van der Waals surface area contributed by atoms with E-state index in [4.69, 9.17) is 4.74 Å². The molecule has 6 nitrogen and oxygen atoms in total. The molecule has 2 aromatic rings. The topological polar surface area (TPSA) is 67.4 Å². The highest BCUT2D eigenvalue weighted by Gasteiger charge is 2.27. The lowest BCUT2D eigenvalue weighted by molar-refractivity contribution is -0.120. The maximum absolute atomic E-state index is 12.5. The number of fused-ring (bicyclic) bond motifs is 1. The summed E-state index contributed by atoms with van der Waals surface area (Å²) in [6, 6.07) is 10.1. The van der Waals surface area contributed by atoms with E-state index in [0.29, 0.717) is 6.54 Å². The molecule has 0 spiro atoms. The summed E-state index contributed by atoms with van der Waals surface area (Å²) in [4.78, 5) is 24.5. The SMILES string of the molecule is O=C(NCc1cc(N2CCOCC2)ncn1)[C@@H]1Cc2ccccc2S1. The van der Waals surface area contributed by atoms with Gasteiger partial charge in [0.05, 0.1) is 30.7 Å². The average Bonchev–Trinajstić information content (AvgIpc) is 3.11. The van der Waals surface area contributed by atoms with Gasteiger partial charge in [-0.15, -0.1) is 11.8 Å². The van der Waals surface area contributed by atoms with Crippen molar-refractivity contribution >= 4 is 23.5 Å². The van der Waals surface area contributed by atoms with Crippen molar-refractivity contribution in [1.29, 1.82) is 0 Å². The quantitative estimate of drug-likeness (QED) is 0.898. The summed E-state index contributed by atoms with van der Waals surface area (Å²) in [6.45, 7) is 3.52. The minimum atomic E-state index is -0.0575. The third-order valence-electron chi connectivity index (χ3n) is 4.43. The highest BCUT2D eigenvalue weighted by molar-refractivity contribution is 8.01. The molecule has 0 saturated carbocycles. The lowest BCUT2D eigenvalue weighted by atomic mass is 10.1. The van der Waals surface area contributed by atoms with Crippen LogP contribution in [0.2, 0.25) is 0 Å². The zero-order chi connectivity index (χ0) is 17.1. The molecule has 130 valence electrons. The molecule has 1 aromatic carbocycles. The fraction of sp³-hybridized carbons (Fsp3) is 0.389. The van der Waals surface area contributed by atoms with E-state index in [9.17, 15) is 4.79 Å². The fourth-order valence-corrected chi connectivity index (χ4v) is 4.29. The molecule has 3 heterocycles. The van der Waals surface area contributed by atoms with Gasteiger partial charge in [-0.2, -0.15) is 0 Å². The first-order valence-corrected chi connectivity index (χ1v) is 9.33. The molecule has 1 aromatic heterocycles. The van der Waals surface area contributed by atoms with Gasteiger partial charge in [-0.1, -0.05) is 18.2 Å². The maximum atomic E-state index is 12.5. The predicted molar refractivity (Wildman–Crippen MR) is 96.7 cm³/mol. The van der Waals surface area contributed by atoms with Crippen LogP contribution >= 0.6 is 11.8 Å². The molecule has 2 aliphatic rings. The van der Waals surface area contributed by atoms with Crippen molar-refractivity contribution in [2.45, 2.75) is 23.1 Å². The Labute approximate surface area is 151 Å². The van der Waals surface area contributed by atoms with Crippen LogP contribution in [0.3, 0.4) is 0 Å². The third kappa shape index (κ3) is 3.77. The van der Waals surface area contributed by atoms with E-state index >= 15 is 0 Å². The number of rotatable bonds is 4. The number of thioether (sulfide) groups is 1. The van der Waals surface area contributed by atoms with Crippen LogP contribution in [0.25, 0.3) is 0 Å². The largest absolute Gasteiger partial charge is 0.378 e. The zero-order valence-electron chi connectivity index (χ0n) is 13.9. The number of hydrogen-bond acceptors (Lipinski definition) is 6. The van der Waals surface area contributed by atoms with Crippen molar-refractivity contribution in [1.82, 2.24) is 15.3 Å². The summed E-state index contributed by atoms with van der Waals surface area (Å²) in [7, 11) is 0. The number of aromatic nitrogens is 2. The van der Waals surface area contributed by atoms with E-state index in [1.807, 2.05) is 18.2 Å². The Balaban J connectivity index is 1.35. The van der Waals surface area contributed by atoms with Crippen molar-refractivity contribution in [2.75, 3.05) is 31.2 Å². The predicted octanol–water partition coefficient (Wildman–Crippen LogP) is 1.65. The van der Waals surface area contributed by atoms with E-state index in [-0.39, 0.29) is 11.2 Å². The Morgan fingerprint density at radius 2 is 2.12 bits per heavy atom. The van der Waals surface area contributed by atoms with Crippen LogP contribution < -0.4 is 10.2 Å². The van der Waals surface area contributed by atoms with Crippen molar-refractivity contribution < 1.29 is 9.53 Å². The van der Waals surface area contributed by atoms with E-state index in [1.54, 1.807) is 18.1 Å². The molecule has 0 aliphatic carbocycles. The monoisotopic (exact) mass is 356 g/mol. The number of hydrogen-bond donors (Lipinski definition) is 1. The summed E-state index contributed by atoms with van der Waals surface area (Å²) in [5, 5.41) is 2.96. The molecule has 7 heteroatoms. The van der Waals surface area contributed by atoms with Gasteiger partial charge >= 0.3 is 0 Å². The molecule has 2 aliphatic heterocycles. The second-order valence-electron chi connectivity index (χ2n) is 6.10. The molecule has 1 fully saturated rings. The summed E-state index contributed by atoms with van der Waals surface area (Å²) < 4.78 is 5.37. The van der Waals surface area contributed by atoms with Gasteiger partial charge in [0, 0.05) is 24.1 Å². The molecule has 1 N–H and O–H groups in total. The number of benzene rings is 1. The van der Waals surface area contributed by atoms with Gasteiger partial charge in [-0.25, -0.2) is 9.97 Å². The lowest BCUT2D eigenvalue weighted by Gasteiger charge is -2.27. The number of carbonyl (C=O) groups excluding carboxylic acids is 1. The first-order chi connectivity index (χ1) is 12.3. The Morgan fingerprint density at radius 1 is 1.28 bits per heavy atom. The molecule has 0 unspecified atom stereocenters. The van der Waals surface area contributed by atoms with E-state index in [2.05, 4.69) is 32.3 Å². The number of morpholine rings is 1. The van der Waals surface area contributed by atoms with E-state index < -0.39 is 0 Å². The first kappa shape index (κ1) is 16.4. The number of anilines is 1. The molecule has 4 rings (SSSR count). The smallest absolute Gasteiger partial charge is 0.234 e. The normalized spacial score (nSPS) is 19.5. The van der Waals surface area contributed by atoms with Gasteiger partial charge in [-0.05, 0) is 18.1 Å². The lowest BCUT2D eigenvalue weighted by Crippen LogP contribution is -2.37. The number of nitrogens with one attached hydrogen (secondary N) is 1. The average molecular weight is 356 g/mol. The Bertz CT molecular complexity index is 739. The van der Waals surface area contributed by atoms with Gasteiger partial charge in [0.25, 0.3) is 0 Å². The Hall–Kier alpha value is -2.12. The molecule has 1 amide bonds. The van der Waals surface area contributed by atoms with Crippen LogP contribution in [0, 0.1) is 0 Å². The summed E-state index contributed by atoms with van der Waals surface area (Å²) in [6.07, 6.45) is 2.35. The van der Waals surface area contributed by atoms with Crippen molar-refractivity contribution in [3.05, 3.63) is 47.9 Å². The summed E-state index contributed by atoms with van der Waals surface area (Å²) >= 11 is 1.64. The third-order valence-corrected chi connectivity index (χ3v) is 5.75. The standard InChI is InChI=1S/C18H20N4O2S/c23-18(16-9-13-3-1-2-4-15(13)25-16)19-11-14-10-17(21-12-20-14)22-5-7-24-8-6-22/h1-4,10,12,16H,5-9,11H2,(H,19,23)/t16-/m0/s1. The second kappa shape index (κ2) is 7.41. The van der Waals surface area contributed by atoms with Crippen LogP contribution in [0.1, 0.15) is 11.3 Å². The zero-order valence-corrected chi connectivity index (χ0v) is 14.7. The minimum Gasteiger partial charge on any atom is -0.378 e. The first-order valence-electron chi connectivity index (χ1n) is 8.45. The van der Waals surface area contributed by atoms with Gasteiger partial charge < -0.3 is 15.0 Å². The summed E-state index contributed by atoms with van der Waals surface area (Å²) in [5.74, 6) is 0.956. The molecule has 25 heavy (non-hydrogen) atoms. The molecule has 0 bridgehead atoms. The van der Waals surface area contributed by atoms with Gasteiger partial charge in [0.1, 0.15) is 12.1 Å².